The molecule has 2 heterocycles. The Kier molecular flexibility index (Phi) is 4.22. The Bertz CT molecular complexity index is 721. The molecule has 0 unspecified atom stereocenters. The summed E-state index contributed by atoms with van der Waals surface area (Å²) in [5.74, 6) is 0.848. The van der Waals surface area contributed by atoms with Crippen molar-refractivity contribution in [2.75, 3.05) is 7.05 Å². The van der Waals surface area contributed by atoms with Crippen molar-refractivity contribution in [1.29, 1.82) is 0 Å². The van der Waals surface area contributed by atoms with Gasteiger partial charge in [-0.1, -0.05) is 22.0 Å². The number of halogens is 1. The van der Waals surface area contributed by atoms with Gasteiger partial charge in [-0.25, -0.2) is 4.98 Å². The molecule has 0 saturated heterocycles. The van der Waals surface area contributed by atoms with Crippen molar-refractivity contribution < 1.29 is 4.74 Å². The Morgan fingerprint density at radius 1 is 1.29 bits per heavy atom. The van der Waals surface area contributed by atoms with Crippen molar-refractivity contribution in [2.24, 2.45) is 0 Å². The van der Waals surface area contributed by atoms with Crippen molar-refractivity contribution in [1.82, 2.24) is 14.7 Å². The fourth-order valence-corrected chi connectivity index (χ4v) is 2.57. The minimum Gasteiger partial charge on any atom is -0.487 e. The van der Waals surface area contributed by atoms with Gasteiger partial charge in [0.05, 0.1) is 5.69 Å². The van der Waals surface area contributed by atoms with Crippen LogP contribution in [0.25, 0.3) is 5.65 Å². The van der Waals surface area contributed by atoms with Crippen LogP contribution in [-0.2, 0) is 13.2 Å². The number of aromatic nitrogens is 2. The van der Waals surface area contributed by atoms with E-state index in [4.69, 9.17) is 4.74 Å². The Labute approximate surface area is 131 Å². The second-order valence-electron chi connectivity index (χ2n) is 4.77. The summed E-state index contributed by atoms with van der Waals surface area (Å²) in [6.45, 7) is 1.26. The highest BCUT2D eigenvalue weighted by Crippen LogP contribution is 2.23. The van der Waals surface area contributed by atoms with E-state index < -0.39 is 0 Å². The van der Waals surface area contributed by atoms with Gasteiger partial charge >= 0.3 is 0 Å². The van der Waals surface area contributed by atoms with Gasteiger partial charge in [-0.3, -0.25) is 0 Å². The Morgan fingerprint density at radius 2 is 2.19 bits per heavy atom. The average molecular weight is 346 g/mol. The number of fused-ring (bicyclic) bond motifs is 1. The number of nitrogens with one attached hydrogen (secondary N) is 1. The SMILES string of the molecule is CNCc1cc(OCc2cn3ccccc3n2)ccc1Br. The van der Waals surface area contributed by atoms with Crippen molar-refractivity contribution in [3.05, 3.63) is 64.5 Å². The number of pyridine rings is 1. The molecule has 0 radical (unpaired) electrons. The number of imidazole rings is 1. The van der Waals surface area contributed by atoms with Crippen LogP contribution in [0.2, 0.25) is 0 Å². The molecule has 1 N–H and O–H groups in total. The quantitative estimate of drug-likeness (QED) is 0.770. The fraction of sp³-hybridized carbons (Fsp3) is 0.188. The first-order valence-electron chi connectivity index (χ1n) is 6.75. The molecule has 21 heavy (non-hydrogen) atoms. The van der Waals surface area contributed by atoms with E-state index in [2.05, 4.69) is 26.2 Å². The molecule has 0 amide bonds. The zero-order valence-corrected chi connectivity index (χ0v) is 13.3. The van der Waals surface area contributed by atoms with Crippen LogP contribution in [-0.4, -0.2) is 16.4 Å². The van der Waals surface area contributed by atoms with Gasteiger partial charge in [0.25, 0.3) is 0 Å². The molecule has 5 heteroatoms. The van der Waals surface area contributed by atoms with E-state index in [1.54, 1.807) is 0 Å². The normalized spacial score (nSPS) is 11.0. The molecule has 1 aromatic carbocycles. The molecule has 4 nitrogen and oxygen atoms in total. The summed E-state index contributed by atoms with van der Waals surface area (Å²) in [6, 6.07) is 11.9. The zero-order chi connectivity index (χ0) is 14.7. The summed E-state index contributed by atoms with van der Waals surface area (Å²) in [6.07, 6.45) is 3.97. The molecule has 3 aromatic rings. The predicted molar refractivity (Wildman–Crippen MR) is 86.4 cm³/mol. The van der Waals surface area contributed by atoms with E-state index in [1.807, 2.05) is 60.2 Å². The average Bonchev–Trinajstić information content (AvgIpc) is 2.91. The molecule has 0 aliphatic carbocycles. The van der Waals surface area contributed by atoms with Crippen LogP contribution < -0.4 is 10.1 Å². The van der Waals surface area contributed by atoms with Crippen LogP contribution in [0, 0.1) is 0 Å². The Hall–Kier alpha value is -1.85. The van der Waals surface area contributed by atoms with Crippen molar-refractivity contribution in [2.45, 2.75) is 13.2 Å². The second kappa shape index (κ2) is 6.28. The molecule has 0 aliphatic heterocycles. The first-order valence-corrected chi connectivity index (χ1v) is 7.54. The van der Waals surface area contributed by atoms with Crippen LogP contribution in [0.15, 0.2) is 53.3 Å². The van der Waals surface area contributed by atoms with Crippen molar-refractivity contribution >= 4 is 21.6 Å². The molecule has 108 valence electrons. The fourth-order valence-electron chi connectivity index (χ4n) is 2.18. The third-order valence-electron chi connectivity index (χ3n) is 3.19. The number of nitrogens with zero attached hydrogens (tertiary/aromatic N) is 2. The standard InChI is InChI=1S/C16H16BrN3O/c1-18-9-12-8-14(5-6-15(12)17)21-11-13-10-20-7-3-2-4-16(20)19-13/h2-8,10,18H,9,11H2,1H3. The lowest BCUT2D eigenvalue weighted by Gasteiger charge is -2.08. The molecule has 0 fully saturated rings. The van der Waals surface area contributed by atoms with Gasteiger partial charge in [-0.05, 0) is 42.9 Å². The van der Waals surface area contributed by atoms with Crippen LogP contribution in [0.1, 0.15) is 11.3 Å². The van der Waals surface area contributed by atoms with Gasteiger partial charge in [-0.2, -0.15) is 0 Å². The number of hydrogen-bond acceptors (Lipinski definition) is 3. The Balaban J connectivity index is 1.73. The van der Waals surface area contributed by atoms with Crippen LogP contribution in [0.3, 0.4) is 0 Å². The van der Waals surface area contributed by atoms with E-state index >= 15 is 0 Å². The van der Waals surface area contributed by atoms with Gasteiger partial charge in [0.2, 0.25) is 0 Å². The van der Waals surface area contributed by atoms with Gasteiger partial charge in [-0.15, -0.1) is 0 Å². The van der Waals surface area contributed by atoms with E-state index in [-0.39, 0.29) is 0 Å². The zero-order valence-electron chi connectivity index (χ0n) is 11.7. The highest BCUT2D eigenvalue weighted by Gasteiger charge is 2.04. The minimum atomic E-state index is 0.461. The minimum absolute atomic E-state index is 0.461. The number of benzene rings is 1. The topological polar surface area (TPSA) is 38.6 Å². The summed E-state index contributed by atoms with van der Waals surface area (Å²) >= 11 is 3.54. The van der Waals surface area contributed by atoms with Gasteiger partial charge in [0, 0.05) is 23.4 Å². The summed E-state index contributed by atoms with van der Waals surface area (Å²) in [5.41, 5.74) is 3.02. The van der Waals surface area contributed by atoms with Gasteiger partial charge < -0.3 is 14.5 Å². The first-order chi connectivity index (χ1) is 10.3. The molecule has 0 saturated carbocycles. The summed E-state index contributed by atoms with van der Waals surface area (Å²) in [4.78, 5) is 4.52. The van der Waals surface area contributed by atoms with Gasteiger partial charge in [0.1, 0.15) is 18.0 Å². The monoisotopic (exact) mass is 345 g/mol. The maximum Gasteiger partial charge on any atom is 0.137 e. The highest BCUT2D eigenvalue weighted by molar-refractivity contribution is 9.10. The van der Waals surface area contributed by atoms with E-state index in [0.717, 1.165) is 28.1 Å². The Morgan fingerprint density at radius 3 is 3.00 bits per heavy atom. The van der Waals surface area contributed by atoms with Crippen LogP contribution in [0.5, 0.6) is 5.75 Å². The van der Waals surface area contributed by atoms with Crippen molar-refractivity contribution in [3.63, 3.8) is 0 Å². The molecule has 0 aliphatic rings. The maximum atomic E-state index is 5.84. The molecule has 0 spiro atoms. The predicted octanol–water partition coefficient (Wildman–Crippen LogP) is 3.40. The largest absolute Gasteiger partial charge is 0.487 e. The molecule has 0 bridgehead atoms. The van der Waals surface area contributed by atoms with Gasteiger partial charge in [0.15, 0.2) is 0 Å². The molecule has 3 rings (SSSR count). The lowest BCUT2D eigenvalue weighted by atomic mass is 10.2. The molecule has 2 aromatic heterocycles. The molecule has 0 atom stereocenters. The summed E-state index contributed by atoms with van der Waals surface area (Å²) in [7, 11) is 1.93. The van der Waals surface area contributed by atoms with Crippen LogP contribution in [0.4, 0.5) is 0 Å². The van der Waals surface area contributed by atoms with Crippen LogP contribution >= 0.6 is 15.9 Å². The molecular weight excluding hydrogens is 330 g/mol. The maximum absolute atomic E-state index is 5.84. The third-order valence-corrected chi connectivity index (χ3v) is 3.96. The summed E-state index contributed by atoms with van der Waals surface area (Å²) < 4.78 is 8.91. The third kappa shape index (κ3) is 3.25. The lowest BCUT2D eigenvalue weighted by molar-refractivity contribution is 0.301. The van der Waals surface area contributed by atoms with E-state index in [0.29, 0.717) is 6.61 Å². The second-order valence-corrected chi connectivity index (χ2v) is 5.62. The van der Waals surface area contributed by atoms with E-state index in [1.165, 1.54) is 5.56 Å². The summed E-state index contributed by atoms with van der Waals surface area (Å²) in [5, 5.41) is 3.14. The lowest BCUT2D eigenvalue weighted by Crippen LogP contribution is -2.06. The number of ether oxygens (including phenoxy) is 1. The van der Waals surface area contributed by atoms with E-state index in [9.17, 15) is 0 Å². The molecular formula is C16H16BrN3O. The van der Waals surface area contributed by atoms with Crippen molar-refractivity contribution in [3.8, 4) is 5.75 Å². The highest BCUT2D eigenvalue weighted by atomic mass is 79.9. The first kappa shape index (κ1) is 14.1. The number of hydrogen-bond donors (Lipinski definition) is 1. The smallest absolute Gasteiger partial charge is 0.137 e. The number of rotatable bonds is 5.